The van der Waals surface area contributed by atoms with Crippen molar-refractivity contribution in [3.63, 3.8) is 0 Å². The molecule has 0 aromatic heterocycles. The second-order valence-electron chi connectivity index (χ2n) is 2.82. The minimum absolute atomic E-state index is 0.413. The van der Waals surface area contributed by atoms with Gasteiger partial charge in [0, 0.05) is 0 Å². The summed E-state index contributed by atoms with van der Waals surface area (Å²) in [5.41, 5.74) is 2.58. The van der Waals surface area contributed by atoms with Gasteiger partial charge in [0.2, 0.25) is 0 Å². The van der Waals surface area contributed by atoms with Crippen molar-refractivity contribution in [3.8, 4) is 0 Å². The molecule has 2 rings (SSSR count). The van der Waals surface area contributed by atoms with E-state index < -0.39 is 0 Å². The van der Waals surface area contributed by atoms with Gasteiger partial charge in [0.25, 0.3) is 0 Å². The van der Waals surface area contributed by atoms with E-state index in [1.165, 1.54) is 24.2 Å². The highest BCUT2D eigenvalue weighted by atomic mass is 15.2. The summed E-state index contributed by atoms with van der Waals surface area (Å²) in [5, 5.41) is 6.67. The summed E-state index contributed by atoms with van der Waals surface area (Å²) in [6.45, 7) is 2.12. The van der Waals surface area contributed by atoms with Crippen molar-refractivity contribution in [1.29, 1.82) is 0 Å². The Morgan fingerprint density at radius 3 is 2.20 bits per heavy atom. The first-order valence-electron chi connectivity index (χ1n) is 3.80. The van der Waals surface area contributed by atoms with E-state index >= 15 is 0 Å². The van der Waals surface area contributed by atoms with E-state index in [1.807, 2.05) is 0 Å². The molecule has 2 heteroatoms. The topological polar surface area (TPSA) is 24.1 Å². The Labute approximate surface area is 61.0 Å². The smallest absolute Gasteiger partial charge is 0.0935 e. The largest absolute Gasteiger partial charge is 0.364 e. The van der Waals surface area contributed by atoms with Crippen molar-refractivity contribution >= 4 is 0 Å². The van der Waals surface area contributed by atoms with Gasteiger partial charge in [-0.2, -0.15) is 0 Å². The van der Waals surface area contributed by atoms with Crippen LogP contribution in [0, 0.1) is 0 Å². The van der Waals surface area contributed by atoms with Crippen molar-refractivity contribution in [2.45, 2.75) is 25.9 Å². The molecular formula is C8H12N2. The normalized spacial score (nSPS) is 24.1. The van der Waals surface area contributed by atoms with Gasteiger partial charge in [-0.05, 0) is 19.8 Å². The molecule has 10 heavy (non-hydrogen) atoms. The molecular weight excluding hydrogens is 124 g/mol. The lowest BCUT2D eigenvalue weighted by Crippen LogP contribution is -2.25. The van der Waals surface area contributed by atoms with Gasteiger partial charge < -0.3 is 10.6 Å². The predicted octanol–water partition coefficient (Wildman–Crippen LogP) is 1.09. The molecule has 0 aromatic rings. The molecule has 0 bridgehead atoms. The standard InChI is InChI=1S/C8H12N2/c1-6-9-7-4-2-3-5-8(7)10-6/h4-6,9-10H,2-3H2,1H3. The molecule has 0 atom stereocenters. The highest BCUT2D eigenvalue weighted by Crippen LogP contribution is 2.18. The SMILES string of the molecule is CC1NC2=CCCC=C2N1. The van der Waals surface area contributed by atoms with E-state index in [2.05, 4.69) is 29.7 Å². The van der Waals surface area contributed by atoms with Crippen LogP contribution in [0.25, 0.3) is 0 Å². The quantitative estimate of drug-likeness (QED) is 0.521. The van der Waals surface area contributed by atoms with Crippen molar-refractivity contribution < 1.29 is 0 Å². The average molecular weight is 136 g/mol. The fourth-order valence-electron chi connectivity index (χ4n) is 1.45. The molecule has 1 aliphatic carbocycles. The van der Waals surface area contributed by atoms with Crippen LogP contribution in [0.4, 0.5) is 0 Å². The lowest BCUT2D eigenvalue weighted by Gasteiger charge is -2.04. The lowest BCUT2D eigenvalue weighted by molar-refractivity contribution is 0.629. The monoisotopic (exact) mass is 136 g/mol. The van der Waals surface area contributed by atoms with Crippen LogP contribution in [0.15, 0.2) is 23.5 Å². The summed E-state index contributed by atoms with van der Waals surface area (Å²) in [6, 6.07) is 0. The van der Waals surface area contributed by atoms with Crippen molar-refractivity contribution in [1.82, 2.24) is 10.6 Å². The van der Waals surface area contributed by atoms with Gasteiger partial charge in [0.15, 0.2) is 0 Å². The first-order valence-corrected chi connectivity index (χ1v) is 3.80. The zero-order valence-electron chi connectivity index (χ0n) is 6.15. The van der Waals surface area contributed by atoms with Gasteiger partial charge in [-0.1, -0.05) is 12.2 Å². The Morgan fingerprint density at radius 2 is 1.70 bits per heavy atom. The molecule has 0 spiro atoms. The molecule has 2 aliphatic rings. The highest BCUT2D eigenvalue weighted by molar-refractivity contribution is 5.35. The zero-order chi connectivity index (χ0) is 6.97. The van der Waals surface area contributed by atoms with Gasteiger partial charge in [-0.3, -0.25) is 0 Å². The molecule has 1 heterocycles. The Balaban J connectivity index is 2.25. The molecule has 2 N–H and O–H groups in total. The van der Waals surface area contributed by atoms with Crippen molar-refractivity contribution in [2.24, 2.45) is 0 Å². The van der Waals surface area contributed by atoms with Gasteiger partial charge in [-0.25, -0.2) is 0 Å². The second-order valence-corrected chi connectivity index (χ2v) is 2.82. The second kappa shape index (κ2) is 2.04. The van der Waals surface area contributed by atoms with Crippen LogP contribution in [-0.4, -0.2) is 6.17 Å². The van der Waals surface area contributed by atoms with Crippen molar-refractivity contribution in [2.75, 3.05) is 0 Å². The zero-order valence-corrected chi connectivity index (χ0v) is 6.15. The third-order valence-corrected chi connectivity index (χ3v) is 1.90. The fraction of sp³-hybridized carbons (Fsp3) is 0.500. The maximum absolute atomic E-state index is 3.34. The third kappa shape index (κ3) is 0.801. The number of nitrogens with one attached hydrogen (secondary N) is 2. The van der Waals surface area contributed by atoms with Gasteiger partial charge in [-0.15, -0.1) is 0 Å². The van der Waals surface area contributed by atoms with Crippen molar-refractivity contribution in [3.05, 3.63) is 23.5 Å². The molecule has 0 radical (unpaired) electrons. The van der Waals surface area contributed by atoms with E-state index in [9.17, 15) is 0 Å². The van der Waals surface area contributed by atoms with E-state index in [0.29, 0.717) is 6.17 Å². The Hall–Kier alpha value is -0.920. The van der Waals surface area contributed by atoms with Crippen LogP contribution in [0.5, 0.6) is 0 Å². The Bertz CT molecular complexity index is 181. The molecule has 1 saturated heterocycles. The summed E-state index contributed by atoms with van der Waals surface area (Å²) < 4.78 is 0. The van der Waals surface area contributed by atoms with Crippen LogP contribution in [-0.2, 0) is 0 Å². The van der Waals surface area contributed by atoms with E-state index in [0.717, 1.165) is 0 Å². The first-order chi connectivity index (χ1) is 4.86. The minimum Gasteiger partial charge on any atom is -0.364 e. The fourth-order valence-corrected chi connectivity index (χ4v) is 1.45. The number of rotatable bonds is 0. The summed E-state index contributed by atoms with van der Waals surface area (Å²) in [6.07, 6.45) is 7.29. The van der Waals surface area contributed by atoms with Crippen LogP contribution in [0.3, 0.4) is 0 Å². The van der Waals surface area contributed by atoms with Crippen LogP contribution in [0.2, 0.25) is 0 Å². The summed E-state index contributed by atoms with van der Waals surface area (Å²) >= 11 is 0. The summed E-state index contributed by atoms with van der Waals surface area (Å²) in [4.78, 5) is 0. The van der Waals surface area contributed by atoms with Crippen LogP contribution < -0.4 is 10.6 Å². The molecule has 0 unspecified atom stereocenters. The molecule has 1 fully saturated rings. The Kier molecular flexibility index (Phi) is 1.19. The molecule has 0 amide bonds. The van der Waals surface area contributed by atoms with E-state index in [1.54, 1.807) is 0 Å². The first kappa shape index (κ1) is 5.83. The lowest BCUT2D eigenvalue weighted by atomic mass is 10.1. The number of hydrogen-bond acceptors (Lipinski definition) is 2. The van der Waals surface area contributed by atoms with E-state index in [4.69, 9.17) is 0 Å². The molecule has 2 nitrogen and oxygen atoms in total. The molecule has 1 aliphatic heterocycles. The number of hydrogen-bond donors (Lipinski definition) is 2. The highest BCUT2D eigenvalue weighted by Gasteiger charge is 2.18. The van der Waals surface area contributed by atoms with E-state index in [-0.39, 0.29) is 0 Å². The Morgan fingerprint density at radius 1 is 1.20 bits per heavy atom. The summed E-state index contributed by atoms with van der Waals surface area (Å²) in [7, 11) is 0. The van der Waals surface area contributed by atoms with Gasteiger partial charge >= 0.3 is 0 Å². The van der Waals surface area contributed by atoms with Gasteiger partial charge in [0.05, 0.1) is 17.6 Å². The predicted molar refractivity (Wildman–Crippen MR) is 41.1 cm³/mol. The van der Waals surface area contributed by atoms with Crippen LogP contribution in [0.1, 0.15) is 19.8 Å². The molecule has 0 saturated carbocycles. The van der Waals surface area contributed by atoms with Crippen LogP contribution >= 0.6 is 0 Å². The summed E-state index contributed by atoms with van der Waals surface area (Å²) in [5.74, 6) is 0. The number of fused-ring (bicyclic) bond motifs is 1. The average Bonchev–Trinajstić information content (AvgIpc) is 2.27. The third-order valence-electron chi connectivity index (χ3n) is 1.90. The maximum Gasteiger partial charge on any atom is 0.0935 e. The number of allylic oxidation sites excluding steroid dienone is 2. The minimum atomic E-state index is 0.413. The molecule has 54 valence electrons. The van der Waals surface area contributed by atoms with Gasteiger partial charge in [0.1, 0.15) is 0 Å². The molecule has 0 aromatic carbocycles. The maximum atomic E-state index is 3.34.